The number of benzene rings is 1. The van der Waals surface area contributed by atoms with Crippen molar-refractivity contribution in [3.05, 3.63) is 65.1 Å². The quantitative estimate of drug-likeness (QED) is 0.722. The van der Waals surface area contributed by atoms with Crippen LogP contribution < -0.4 is 5.32 Å². The van der Waals surface area contributed by atoms with Crippen molar-refractivity contribution < 1.29 is 0 Å². The summed E-state index contributed by atoms with van der Waals surface area (Å²) in [7, 11) is 0. The lowest BCUT2D eigenvalue weighted by Gasteiger charge is -2.26. The molecule has 2 N–H and O–H groups in total. The first kappa shape index (κ1) is 14.1. The first-order valence-corrected chi connectivity index (χ1v) is 7.08. The highest BCUT2D eigenvalue weighted by Crippen LogP contribution is 2.31. The molecule has 1 atom stereocenters. The van der Waals surface area contributed by atoms with Crippen molar-refractivity contribution in [3.63, 3.8) is 0 Å². The highest BCUT2D eigenvalue weighted by Gasteiger charge is 2.24. The number of pyridine rings is 1. The Kier molecular flexibility index (Phi) is 3.70. The van der Waals surface area contributed by atoms with Gasteiger partial charge in [0.2, 0.25) is 0 Å². The number of aromatic nitrogens is 2. The van der Waals surface area contributed by atoms with Gasteiger partial charge in [0, 0.05) is 23.8 Å². The van der Waals surface area contributed by atoms with E-state index >= 15 is 0 Å². The van der Waals surface area contributed by atoms with Crippen LogP contribution in [0.1, 0.15) is 28.6 Å². The predicted molar refractivity (Wildman–Crippen MR) is 88.1 cm³/mol. The molecular weight excluding hydrogens is 282 g/mol. The molecule has 0 amide bonds. The van der Waals surface area contributed by atoms with Crippen molar-refractivity contribution in [1.82, 2.24) is 15.3 Å². The third-order valence-corrected chi connectivity index (χ3v) is 4.09. The van der Waals surface area contributed by atoms with E-state index in [1.165, 1.54) is 22.2 Å². The van der Waals surface area contributed by atoms with Crippen molar-refractivity contribution >= 4 is 23.3 Å². The summed E-state index contributed by atoms with van der Waals surface area (Å²) < 4.78 is 0. The number of hydrogen-bond acceptors (Lipinski definition) is 2. The summed E-state index contributed by atoms with van der Waals surface area (Å²) in [5, 5.41) is 4.84. The van der Waals surface area contributed by atoms with Crippen LogP contribution >= 0.6 is 12.4 Å². The summed E-state index contributed by atoms with van der Waals surface area (Å²) in [4.78, 5) is 8.10. The predicted octanol–water partition coefficient (Wildman–Crippen LogP) is 3.53. The van der Waals surface area contributed by atoms with Gasteiger partial charge in [-0.2, -0.15) is 0 Å². The Hall–Kier alpha value is -1.84. The minimum absolute atomic E-state index is 0. The van der Waals surface area contributed by atoms with Gasteiger partial charge in [0.05, 0.1) is 17.3 Å². The molecule has 3 nitrogen and oxygen atoms in total. The van der Waals surface area contributed by atoms with Crippen LogP contribution in [-0.4, -0.2) is 16.5 Å². The molecule has 0 aliphatic carbocycles. The van der Waals surface area contributed by atoms with Gasteiger partial charge in [0.15, 0.2) is 0 Å². The van der Waals surface area contributed by atoms with E-state index in [1.54, 1.807) is 0 Å². The largest absolute Gasteiger partial charge is 0.357 e. The highest BCUT2D eigenvalue weighted by molar-refractivity contribution is 5.85. The Bertz CT molecular complexity index is 779. The van der Waals surface area contributed by atoms with Crippen LogP contribution in [0.4, 0.5) is 0 Å². The van der Waals surface area contributed by atoms with E-state index in [2.05, 4.69) is 58.6 Å². The molecule has 1 aliphatic rings. The van der Waals surface area contributed by atoms with Crippen LogP contribution in [0.5, 0.6) is 0 Å². The first-order valence-electron chi connectivity index (χ1n) is 7.08. The molecule has 0 bridgehead atoms. The molecule has 2 aromatic heterocycles. The summed E-state index contributed by atoms with van der Waals surface area (Å²) in [6, 6.07) is 13.1. The van der Waals surface area contributed by atoms with Crippen molar-refractivity contribution in [2.75, 3.05) is 6.54 Å². The van der Waals surface area contributed by atoms with E-state index in [0.717, 1.165) is 24.2 Å². The average Bonchev–Trinajstić information content (AvgIpc) is 2.87. The molecule has 0 saturated heterocycles. The molecule has 3 aromatic rings. The molecule has 0 spiro atoms. The third kappa shape index (κ3) is 2.33. The van der Waals surface area contributed by atoms with Gasteiger partial charge in [-0.15, -0.1) is 12.4 Å². The fourth-order valence-corrected chi connectivity index (χ4v) is 3.18. The molecule has 1 aromatic carbocycles. The second-order valence-electron chi connectivity index (χ2n) is 5.45. The molecule has 0 saturated carbocycles. The Morgan fingerprint density at radius 1 is 1.19 bits per heavy atom. The van der Waals surface area contributed by atoms with Gasteiger partial charge >= 0.3 is 0 Å². The molecule has 0 fully saturated rings. The normalized spacial score (nSPS) is 17.3. The van der Waals surface area contributed by atoms with Crippen LogP contribution in [0.25, 0.3) is 10.9 Å². The molecule has 4 rings (SSSR count). The minimum Gasteiger partial charge on any atom is -0.357 e. The fourth-order valence-electron chi connectivity index (χ4n) is 3.18. The van der Waals surface area contributed by atoms with E-state index in [0.29, 0.717) is 0 Å². The maximum Gasteiger partial charge on any atom is 0.0859 e. The van der Waals surface area contributed by atoms with Gasteiger partial charge in [0.25, 0.3) is 0 Å². The van der Waals surface area contributed by atoms with Crippen LogP contribution in [0.15, 0.2) is 42.6 Å². The maximum atomic E-state index is 4.65. The number of H-pyrrole nitrogens is 1. The third-order valence-electron chi connectivity index (χ3n) is 4.09. The van der Waals surface area contributed by atoms with Gasteiger partial charge < -0.3 is 10.3 Å². The fraction of sp³-hybridized carbons (Fsp3) is 0.235. The lowest BCUT2D eigenvalue weighted by atomic mass is 9.92. The number of aryl methyl sites for hydroxylation is 1. The number of aromatic amines is 1. The van der Waals surface area contributed by atoms with E-state index in [1.807, 2.05) is 6.20 Å². The molecule has 21 heavy (non-hydrogen) atoms. The van der Waals surface area contributed by atoms with Crippen LogP contribution in [-0.2, 0) is 6.42 Å². The van der Waals surface area contributed by atoms with Crippen LogP contribution in [0.2, 0.25) is 0 Å². The second-order valence-corrected chi connectivity index (χ2v) is 5.45. The Morgan fingerprint density at radius 3 is 2.95 bits per heavy atom. The Labute approximate surface area is 130 Å². The molecule has 3 heterocycles. The average molecular weight is 300 g/mol. The molecule has 0 radical (unpaired) electrons. The monoisotopic (exact) mass is 299 g/mol. The lowest BCUT2D eigenvalue weighted by Crippen LogP contribution is -2.31. The summed E-state index contributed by atoms with van der Waals surface area (Å²) in [6.07, 6.45) is 3.00. The number of nitrogens with one attached hydrogen (secondary N) is 2. The van der Waals surface area contributed by atoms with Crippen LogP contribution in [0.3, 0.4) is 0 Å². The summed E-state index contributed by atoms with van der Waals surface area (Å²) in [5.41, 5.74) is 6.21. The van der Waals surface area contributed by atoms with Gasteiger partial charge in [0.1, 0.15) is 0 Å². The highest BCUT2D eigenvalue weighted by atomic mass is 35.5. The van der Waals surface area contributed by atoms with Crippen molar-refractivity contribution in [3.8, 4) is 0 Å². The van der Waals surface area contributed by atoms with Crippen molar-refractivity contribution in [1.29, 1.82) is 0 Å². The smallest absolute Gasteiger partial charge is 0.0859 e. The van der Waals surface area contributed by atoms with Gasteiger partial charge in [-0.3, -0.25) is 4.98 Å². The molecule has 1 unspecified atom stereocenters. The van der Waals surface area contributed by atoms with Crippen molar-refractivity contribution in [2.24, 2.45) is 0 Å². The van der Waals surface area contributed by atoms with Gasteiger partial charge in [-0.05, 0) is 36.6 Å². The second kappa shape index (κ2) is 5.51. The topological polar surface area (TPSA) is 40.7 Å². The first-order chi connectivity index (χ1) is 9.83. The minimum atomic E-state index is 0. The number of rotatable bonds is 1. The summed E-state index contributed by atoms with van der Waals surface area (Å²) in [5.74, 6) is 0. The Balaban J connectivity index is 0.00000132. The van der Waals surface area contributed by atoms with E-state index in [-0.39, 0.29) is 18.4 Å². The zero-order chi connectivity index (χ0) is 13.5. The molecule has 108 valence electrons. The molecular formula is C17H18ClN3. The van der Waals surface area contributed by atoms with Crippen LogP contribution in [0, 0.1) is 6.92 Å². The van der Waals surface area contributed by atoms with Gasteiger partial charge in [-0.25, -0.2) is 0 Å². The van der Waals surface area contributed by atoms with E-state index in [4.69, 9.17) is 0 Å². The van der Waals surface area contributed by atoms with Crippen molar-refractivity contribution in [2.45, 2.75) is 19.4 Å². The van der Waals surface area contributed by atoms with Gasteiger partial charge in [-0.1, -0.05) is 24.3 Å². The number of fused-ring (bicyclic) bond motifs is 2. The Morgan fingerprint density at radius 2 is 2.05 bits per heavy atom. The zero-order valence-electron chi connectivity index (χ0n) is 11.9. The maximum absolute atomic E-state index is 4.65. The zero-order valence-corrected chi connectivity index (χ0v) is 12.7. The molecule has 1 aliphatic heterocycles. The molecule has 4 heteroatoms. The number of nitrogens with zero attached hydrogens (tertiary/aromatic N) is 1. The number of halogens is 1. The number of hydrogen-bond donors (Lipinski definition) is 2. The standard InChI is InChI=1S/C17H17N3.ClH/c1-11-10-13-7-9-19-17(15(13)20-11)16-14-5-3-2-4-12(14)6-8-18-16;/h2-5,7,9-10,16,18,20H,6,8H2,1H3;1H. The SMILES string of the molecule is Cc1cc2ccnc(C3NCCc4ccccc43)c2[nH]1.Cl. The van der Waals surface area contributed by atoms with E-state index in [9.17, 15) is 0 Å². The van der Waals surface area contributed by atoms with E-state index < -0.39 is 0 Å². The summed E-state index contributed by atoms with van der Waals surface area (Å²) >= 11 is 0. The summed E-state index contributed by atoms with van der Waals surface area (Å²) in [6.45, 7) is 3.09. The lowest BCUT2D eigenvalue weighted by molar-refractivity contribution is 0.560.